The Bertz CT molecular complexity index is 304. The van der Waals surface area contributed by atoms with Gasteiger partial charge in [0.15, 0.2) is 0 Å². The van der Waals surface area contributed by atoms with Crippen molar-refractivity contribution in [2.24, 2.45) is 0 Å². The van der Waals surface area contributed by atoms with Crippen LogP contribution in [0.2, 0.25) is 5.71 Å². The van der Waals surface area contributed by atoms with Crippen molar-refractivity contribution < 1.29 is 10.2 Å². The summed E-state index contributed by atoms with van der Waals surface area (Å²) in [6.07, 6.45) is 0. The van der Waals surface area contributed by atoms with E-state index in [0.29, 0.717) is 5.75 Å². The van der Waals surface area contributed by atoms with E-state index in [-0.39, 0.29) is 6.61 Å². The number of phenols is 1. The molecular weight excluding hydrogens is 259 g/mol. The topological polar surface area (TPSA) is 40.5 Å². The number of benzene rings is 1. The molecule has 0 aliphatic rings. The molecule has 0 aromatic heterocycles. The van der Waals surface area contributed by atoms with E-state index in [4.69, 9.17) is 5.11 Å². The molecular formula is C10H15AsO2S. The Labute approximate surface area is 92.6 Å². The normalized spacial score (nSPS) is 12.8. The van der Waals surface area contributed by atoms with Crippen molar-refractivity contribution in [1.82, 2.24) is 0 Å². The van der Waals surface area contributed by atoms with Crippen molar-refractivity contribution in [3.05, 3.63) is 23.8 Å². The molecule has 0 saturated heterocycles. The number of hydrogen-bond donors (Lipinski definition) is 2. The van der Waals surface area contributed by atoms with Crippen LogP contribution in [0.15, 0.2) is 18.2 Å². The summed E-state index contributed by atoms with van der Waals surface area (Å²) in [5.74, 6) is 1.17. The number of aromatic hydroxyl groups is 1. The second-order valence-corrected chi connectivity index (χ2v) is 11.3. The van der Waals surface area contributed by atoms with E-state index in [1.54, 1.807) is 16.1 Å². The quantitative estimate of drug-likeness (QED) is 0.812. The van der Waals surface area contributed by atoms with Gasteiger partial charge in [0.2, 0.25) is 0 Å². The van der Waals surface area contributed by atoms with Gasteiger partial charge in [0.05, 0.1) is 0 Å². The van der Waals surface area contributed by atoms with Gasteiger partial charge in [-0.05, 0) is 0 Å². The third kappa shape index (κ3) is 3.23. The summed E-state index contributed by atoms with van der Waals surface area (Å²) in [7, 11) is 1.79. The fourth-order valence-electron chi connectivity index (χ4n) is 1.13. The number of rotatable bonds is 4. The molecule has 14 heavy (non-hydrogen) atoms. The summed E-state index contributed by atoms with van der Waals surface area (Å²) >= 11 is -1.21. The van der Waals surface area contributed by atoms with Gasteiger partial charge < -0.3 is 0 Å². The van der Waals surface area contributed by atoms with E-state index < -0.39 is 13.5 Å². The van der Waals surface area contributed by atoms with Gasteiger partial charge in [-0.3, -0.25) is 0 Å². The minimum atomic E-state index is -1.21. The molecule has 2 nitrogen and oxygen atoms in total. The summed E-state index contributed by atoms with van der Waals surface area (Å²) in [4.78, 5) is 0. The van der Waals surface area contributed by atoms with Crippen LogP contribution in [0.3, 0.4) is 0 Å². The summed E-state index contributed by atoms with van der Waals surface area (Å²) in [6.45, 7) is 2.25. The van der Waals surface area contributed by atoms with Crippen LogP contribution in [-0.2, 0) is 0 Å². The van der Waals surface area contributed by atoms with Crippen LogP contribution in [0.4, 0.5) is 0 Å². The van der Waals surface area contributed by atoms with Gasteiger partial charge in [0.25, 0.3) is 0 Å². The zero-order valence-corrected chi connectivity index (χ0v) is 11.1. The third-order valence-electron chi connectivity index (χ3n) is 1.85. The molecule has 0 spiro atoms. The van der Waals surface area contributed by atoms with Gasteiger partial charge in [0.1, 0.15) is 0 Å². The van der Waals surface area contributed by atoms with Crippen molar-refractivity contribution in [2.45, 2.75) is 12.6 Å². The number of hydrogen-bond acceptors (Lipinski definition) is 3. The zero-order chi connectivity index (χ0) is 10.6. The van der Waals surface area contributed by atoms with Crippen LogP contribution in [-0.4, -0.2) is 36.1 Å². The van der Waals surface area contributed by atoms with Crippen LogP contribution in [0.5, 0.6) is 5.75 Å². The van der Waals surface area contributed by atoms with E-state index in [1.807, 2.05) is 13.0 Å². The maximum absolute atomic E-state index is 9.67. The van der Waals surface area contributed by atoms with E-state index in [0.717, 1.165) is 10.1 Å². The molecule has 0 saturated carbocycles. The molecule has 78 valence electrons. The van der Waals surface area contributed by atoms with E-state index in [1.165, 1.54) is 5.56 Å². The molecule has 1 unspecified atom stereocenters. The van der Waals surface area contributed by atoms with Crippen molar-refractivity contribution >= 4 is 27.9 Å². The average molecular weight is 274 g/mol. The molecule has 1 aromatic rings. The molecule has 0 fully saturated rings. The van der Waals surface area contributed by atoms with Crippen LogP contribution in [0.25, 0.3) is 0 Å². The SMILES string of the molecule is Cc1ccc(O)c([As](C)SCCO)c1. The Hall–Kier alpha value is -0.112. The molecule has 4 heteroatoms. The molecule has 0 aliphatic heterocycles. The van der Waals surface area contributed by atoms with Crippen molar-refractivity contribution in [3.8, 4) is 5.75 Å². The molecule has 0 aliphatic carbocycles. The number of phenolic OH excluding ortho intramolecular Hbond substituents is 1. The number of aryl methyl sites for hydroxylation is 1. The molecule has 0 bridgehead atoms. The first-order valence-corrected chi connectivity index (χ1v) is 10.5. The van der Waals surface area contributed by atoms with Crippen LogP contribution in [0, 0.1) is 6.92 Å². The summed E-state index contributed by atoms with van der Waals surface area (Å²) < 4.78 is 1.09. The van der Waals surface area contributed by atoms with Gasteiger partial charge in [-0.2, -0.15) is 0 Å². The first-order valence-electron chi connectivity index (χ1n) is 4.42. The summed E-state index contributed by atoms with van der Waals surface area (Å²) in [6, 6.07) is 5.73. The van der Waals surface area contributed by atoms with Crippen molar-refractivity contribution in [1.29, 1.82) is 0 Å². The Morgan fingerprint density at radius 1 is 1.43 bits per heavy atom. The Morgan fingerprint density at radius 3 is 2.79 bits per heavy atom. The molecule has 2 N–H and O–H groups in total. The second-order valence-electron chi connectivity index (χ2n) is 3.05. The molecule has 0 heterocycles. The fourth-order valence-corrected chi connectivity index (χ4v) is 7.14. The molecule has 0 amide bonds. The van der Waals surface area contributed by atoms with Gasteiger partial charge in [-0.25, -0.2) is 0 Å². The van der Waals surface area contributed by atoms with Crippen LogP contribution >= 0.6 is 10.0 Å². The van der Waals surface area contributed by atoms with Crippen LogP contribution < -0.4 is 4.35 Å². The monoisotopic (exact) mass is 274 g/mol. The molecule has 1 aromatic carbocycles. The first kappa shape index (κ1) is 12.0. The third-order valence-corrected chi connectivity index (χ3v) is 9.38. The number of aliphatic hydroxyl groups is 1. The van der Waals surface area contributed by atoms with E-state index >= 15 is 0 Å². The maximum atomic E-state index is 9.67. The summed E-state index contributed by atoms with van der Waals surface area (Å²) in [5.41, 5.74) is 3.37. The predicted molar refractivity (Wildman–Crippen MR) is 63.6 cm³/mol. The molecule has 0 radical (unpaired) electrons. The molecule has 1 rings (SSSR count). The minimum absolute atomic E-state index is 0.219. The van der Waals surface area contributed by atoms with E-state index in [9.17, 15) is 5.11 Å². The fraction of sp³-hybridized carbons (Fsp3) is 0.400. The van der Waals surface area contributed by atoms with Crippen molar-refractivity contribution in [3.63, 3.8) is 0 Å². The van der Waals surface area contributed by atoms with Crippen molar-refractivity contribution in [2.75, 3.05) is 12.4 Å². The Balaban J connectivity index is 2.77. The number of aliphatic hydroxyl groups excluding tert-OH is 1. The second kappa shape index (κ2) is 5.69. The van der Waals surface area contributed by atoms with Gasteiger partial charge >= 0.3 is 92.6 Å². The van der Waals surface area contributed by atoms with Gasteiger partial charge in [-0.1, -0.05) is 0 Å². The van der Waals surface area contributed by atoms with E-state index in [2.05, 4.69) is 11.8 Å². The Morgan fingerprint density at radius 2 is 2.14 bits per heavy atom. The average Bonchev–Trinajstić information content (AvgIpc) is 2.18. The zero-order valence-electron chi connectivity index (χ0n) is 8.40. The summed E-state index contributed by atoms with van der Waals surface area (Å²) in [5, 5.41) is 18.4. The first-order chi connectivity index (χ1) is 6.65. The van der Waals surface area contributed by atoms with Gasteiger partial charge in [0, 0.05) is 0 Å². The van der Waals surface area contributed by atoms with Crippen LogP contribution in [0.1, 0.15) is 5.56 Å². The Kier molecular flexibility index (Phi) is 4.86. The predicted octanol–water partition coefficient (Wildman–Crippen LogP) is 1.25. The molecule has 1 atom stereocenters. The van der Waals surface area contributed by atoms with Gasteiger partial charge in [-0.15, -0.1) is 0 Å². The standard InChI is InChI=1S/C10H15AsO2S/c1-8-3-4-10(13)9(7-8)11(2)14-6-5-12/h3-4,7,12-13H,5-6H2,1-2H3.